The van der Waals surface area contributed by atoms with Crippen LogP contribution in [0.5, 0.6) is 11.5 Å². The van der Waals surface area contributed by atoms with E-state index in [0.717, 1.165) is 50.2 Å². The predicted molar refractivity (Wildman–Crippen MR) is 133 cm³/mol. The molecule has 0 bridgehead atoms. The van der Waals surface area contributed by atoms with Crippen LogP contribution in [0.2, 0.25) is 0 Å². The monoisotopic (exact) mass is 441 g/mol. The Hall–Kier alpha value is -3.99. The van der Waals surface area contributed by atoms with Gasteiger partial charge in [-0.15, -0.1) is 0 Å². The largest absolute Gasteiger partial charge is 0.497 e. The van der Waals surface area contributed by atoms with Gasteiger partial charge in [0.2, 0.25) is 5.91 Å². The van der Waals surface area contributed by atoms with Crippen LogP contribution in [0.15, 0.2) is 71.4 Å². The molecule has 4 rings (SSSR count). The number of methoxy groups -OCH3 is 2. The van der Waals surface area contributed by atoms with Crippen LogP contribution >= 0.6 is 0 Å². The van der Waals surface area contributed by atoms with Crippen LogP contribution in [0, 0.1) is 13.8 Å². The van der Waals surface area contributed by atoms with Crippen LogP contribution in [-0.2, 0) is 4.79 Å². The van der Waals surface area contributed by atoms with Crippen LogP contribution in [0.1, 0.15) is 23.6 Å². The number of carbonyl (C=O) groups excluding carboxylic acids is 1. The quantitative estimate of drug-likeness (QED) is 0.335. The van der Waals surface area contributed by atoms with Gasteiger partial charge < -0.3 is 19.2 Å². The van der Waals surface area contributed by atoms with Crippen molar-refractivity contribution >= 4 is 28.1 Å². The molecule has 0 aliphatic rings. The standard InChI is InChI=1S/C28H27NO4/c1-17-7-6-8-25(19(17)3)29-28(30)13-18(2)22-14-23-24(16-33-27(23)15-26(22)32-5)20-9-11-21(31-4)12-10-20/h6-16H,1-5H3,(H,29,30)/b18-13+. The average molecular weight is 442 g/mol. The maximum Gasteiger partial charge on any atom is 0.248 e. The first-order chi connectivity index (χ1) is 15.9. The first-order valence-electron chi connectivity index (χ1n) is 10.7. The zero-order valence-corrected chi connectivity index (χ0v) is 19.5. The number of allylic oxidation sites excluding steroid dienone is 1. The number of fused-ring (bicyclic) bond motifs is 1. The fraction of sp³-hybridized carbons (Fsp3) is 0.179. The first-order valence-corrected chi connectivity index (χ1v) is 10.7. The molecule has 0 fully saturated rings. The summed E-state index contributed by atoms with van der Waals surface area (Å²) in [4.78, 5) is 12.8. The van der Waals surface area contributed by atoms with Crippen molar-refractivity contribution in [1.82, 2.24) is 0 Å². The fourth-order valence-corrected chi connectivity index (χ4v) is 3.86. The summed E-state index contributed by atoms with van der Waals surface area (Å²) in [6, 6.07) is 17.6. The van der Waals surface area contributed by atoms with Crippen LogP contribution in [0.25, 0.3) is 27.7 Å². The van der Waals surface area contributed by atoms with Gasteiger partial charge in [-0.2, -0.15) is 0 Å². The summed E-state index contributed by atoms with van der Waals surface area (Å²) >= 11 is 0. The summed E-state index contributed by atoms with van der Waals surface area (Å²) in [5, 5.41) is 3.93. The molecule has 0 aliphatic carbocycles. The third-order valence-corrected chi connectivity index (χ3v) is 5.93. The van der Waals surface area contributed by atoms with Crippen LogP contribution in [-0.4, -0.2) is 20.1 Å². The van der Waals surface area contributed by atoms with Gasteiger partial charge in [-0.3, -0.25) is 4.79 Å². The third-order valence-electron chi connectivity index (χ3n) is 5.93. The van der Waals surface area contributed by atoms with E-state index in [1.807, 2.05) is 75.4 Å². The van der Waals surface area contributed by atoms with Gasteiger partial charge in [0.05, 0.1) is 20.5 Å². The summed E-state index contributed by atoms with van der Waals surface area (Å²) in [5.74, 6) is 1.25. The van der Waals surface area contributed by atoms with E-state index in [-0.39, 0.29) is 5.91 Å². The molecule has 1 heterocycles. The molecular weight excluding hydrogens is 414 g/mol. The number of benzene rings is 3. The van der Waals surface area contributed by atoms with Crippen molar-refractivity contribution in [1.29, 1.82) is 0 Å². The fourth-order valence-electron chi connectivity index (χ4n) is 3.86. The molecular formula is C28H27NO4. The third kappa shape index (κ3) is 4.48. The zero-order chi connectivity index (χ0) is 23.5. The molecule has 0 spiro atoms. The molecule has 0 atom stereocenters. The average Bonchev–Trinajstić information content (AvgIpc) is 3.24. The molecule has 5 nitrogen and oxygen atoms in total. The van der Waals surface area contributed by atoms with Crippen molar-refractivity contribution in [3.8, 4) is 22.6 Å². The topological polar surface area (TPSA) is 60.7 Å². The van der Waals surface area contributed by atoms with E-state index in [2.05, 4.69) is 5.32 Å². The summed E-state index contributed by atoms with van der Waals surface area (Å²) in [6.07, 6.45) is 3.33. The van der Waals surface area contributed by atoms with Crippen molar-refractivity contribution in [3.63, 3.8) is 0 Å². The van der Waals surface area contributed by atoms with Gasteiger partial charge >= 0.3 is 0 Å². The van der Waals surface area contributed by atoms with Crippen molar-refractivity contribution in [2.24, 2.45) is 0 Å². The van der Waals surface area contributed by atoms with Gasteiger partial charge in [-0.25, -0.2) is 0 Å². The number of hydrogen-bond donors (Lipinski definition) is 1. The van der Waals surface area contributed by atoms with Gasteiger partial charge in [0.25, 0.3) is 0 Å². The minimum Gasteiger partial charge on any atom is -0.497 e. The molecule has 1 aromatic heterocycles. The summed E-state index contributed by atoms with van der Waals surface area (Å²) in [7, 11) is 3.26. The highest BCUT2D eigenvalue weighted by atomic mass is 16.5. The summed E-state index contributed by atoms with van der Waals surface area (Å²) in [6.45, 7) is 5.93. The lowest BCUT2D eigenvalue weighted by Gasteiger charge is -2.11. The van der Waals surface area contributed by atoms with Gasteiger partial charge in [0.1, 0.15) is 17.1 Å². The minimum absolute atomic E-state index is 0.189. The minimum atomic E-state index is -0.189. The second-order valence-electron chi connectivity index (χ2n) is 7.99. The van der Waals surface area contributed by atoms with Crippen molar-refractivity contribution in [3.05, 3.63) is 83.6 Å². The number of rotatable bonds is 6. The first kappa shape index (κ1) is 22.2. The molecule has 33 heavy (non-hydrogen) atoms. The molecule has 168 valence electrons. The zero-order valence-electron chi connectivity index (χ0n) is 19.5. The Kier molecular flexibility index (Phi) is 6.22. The number of carbonyl (C=O) groups is 1. The van der Waals surface area contributed by atoms with Crippen molar-refractivity contribution in [2.75, 3.05) is 19.5 Å². The van der Waals surface area contributed by atoms with Crippen molar-refractivity contribution in [2.45, 2.75) is 20.8 Å². The Bertz CT molecular complexity index is 1350. The van der Waals surface area contributed by atoms with E-state index in [9.17, 15) is 4.79 Å². The maximum atomic E-state index is 12.8. The van der Waals surface area contributed by atoms with Gasteiger partial charge in [0, 0.05) is 34.3 Å². The smallest absolute Gasteiger partial charge is 0.248 e. The molecule has 0 saturated heterocycles. The Morgan fingerprint density at radius 2 is 1.76 bits per heavy atom. The molecule has 5 heteroatoms. The molecule has 3 aromatic carbocycles. The molecule has 1 amide bonds. The Labute approximate surface area is 193 Å². The van der Waals surface area contributed by atoms with E-state index in [1.54, 1.807) is 26.6 Å². The van der Waals surface area contributed by atoms with Crippen LogP contribution in [0.4, 0.5) is 5.69 Å². The highest BCUT2D eigenvalue weighted by Crippen LogP contribution is 2.37. The number of amides is 1. The van der Waals surface area contributed by atoms with Crippen molar-refractivity contribution < 1.29 is 18.7 Å². The SMILES string of the molecule is COc1ccc(-c2coc3cc(OC)c(/C(C)=C/C(=O)Nc4cccc(C)c4C)cc23)cc1. The van der Waals surface area contributed by atoms with E-state index in [4.69, 9.17) is 13.9 Å². The van der Waals surface area contributed by atoms with Gasteiger partial charge in [-0.1, -0.05) is 24.3 Å². The van der Waals surface area contributed by atoms with E-state index in [1.165, 1.54) is 0 Å². The number of ether oxygens (including phenoxy) is 2. The second kappa shape index (κ2) is 9.25. The van der Waals surface area contributed by atoms with Crippen LogP contribution in [0.3, 0.4) is 0 Å². The van der Waals surface area contributed by atoms with E-state index in [0.29, 0.717) is 11.3 Å². The number of aryl methyl sites for hydroxylation is 1. The number of anilines is 1. The molecule has 1 N–H and O–H groups in total. The molecule has 0 unspecified atom stereocenters. The Balaban J connectivity index is 1.70. The number of hydrogen-bond acceptors (Lipinski definition) is 4. The molecule has 0 saturated carbocycles. The predicted octanol–water partition coefficient (Wildman–Crippen LogP) is 6.78. The number of furan rings is 1. The second-order valence-corrected chi connectivity index (χ2v) is 7.99. The molecule has 4 aromatic rings. The maximum absolute atomic E-state index is 12.8. The number of nitrogens with one attached hydrogen (secondary N) is 1. The lowest BCUT2D eigenvalue weighted by molar-refractivity contribution is -0.111. The van der Waals surface area contributed by atoms with E-state index < -0.39 is 0 Å². The van der Waals surface area contributed by atoms with E-state index >= 15 is 0 Å². The lowest BCUT2D eigenvalue weighted by Crippen LogP contribution is -2.10. The Morgan fingerprint density at radius 1 is 1.00 bits per heavy atom. The molecule has 0 radical (unpaired) electrons. The lowest BCUT2D eigenvalue weighted by atomic mass is 9.99. The highest BCUT2D eigenvalue weighted by molar-refractivity contribution is 6.05. The summed E-state index contributed by atoms with van der Waals surface area (Å²) in [5.41, 5.74) is 7.31. The Morgan fingerprint density at radius 3 is 2.45 bits per heavy atom. The van der Waals surface area contributed by atoms with Gasteiger partial charge in [-0.05, 0) is 67.3 Å². The summed E-state index contributed by atoms with van der Waals surface area (Å²) < 4.78 is 16.7. The highest BCUT2D eigenvalue weighted by Gasteiger charge is 2.15. The molecule has 0 aliphatic heterocycles. The van der Waals surface area contributed by atoms with Gasteiger partial charge in [0.15, 0.2) is 0 Å². The van der Waals surface area contributed by atoms with Crippen LogP contribution < -0.4 is 14.8 Å². The normalized spacial score (nSPS) is 11.5.